The number of nitrogen functional groups attached to an aromatic ring is 1. The van der Waals surface area contributed by atoms with Gasteiger partial charge in [0.2, 0.25) is 17.8 Å². The van der Waals surface area contributed by atoms with Crippen molar-refractivity contribution in [3.63, 3.8) is 0 Å². The Hall–Kier alpha value is -6.18. The number of carboxylic acids is 4. The summed E-state index contributed by atoms with van der Waals surface area (Å²) in [4.78, 5) is 107. The van der Waals surface area contributed by atoms with Gasteiger partial charge in [-0.1, -0.05) is 11.6 Å². The van der Waals surface area contributed by atoms with E-state index >= 15 is 0 Å². The molecular formula is C31H37ClN8O12. The number of fused-ring (bicyclic) bond motifs is 1. The summed E-state index contributed by atoms with van der Waals surface area (Å²) in [6, 6.07) is -0.379. The lowest BCUT2D eigenvalue weighted by atomic mass is 10.1. The highest BCUT2D eigenvalue weighted by atomic mass is 35.5. The fourth-order valence-electron chi connectivity index (χ4n) is 5.05. The van der Waals surface area contributed by atoms with Gasteiger partial charge in [0.1, 0.15) is 23.8 Å². The van der Waals surface area contributed by atoms with Crippen LogP contribution in [0.1, 0.15) is 54.4 Å². The van der Waals surface area contributed by atoms with Gasteiger partial charge in [0.25, 0.3) is 11.5 Å². The number of rotatable bonds is 20. The molecule has 3 amide bonds. The number of aliphatic carboxylic acids is 4. The standard InChI is InChI=1S/C31H37ClN8O12/c1-40(11-10-15-13-34-25-24(15)27(46)39-31(33)38-25)20-6-2-14(12-16(20)32)26(45)37-19(30(51)52)4-8-22(42)35-17(28(47)48)3-7-21(41)36-18(29(49)50)5-9-23(43)44/h2,6,12-13,17-19H,3-5,7-11H2,1H3,(H,35,42)(H,36,41)(H,37,45)(H,43,44)(H,47,48)(H,49,50)(H,51,52)(H4,33,34,38,39,46)/t17-,18-,19-/m0/s1. The number of hydrogen-bond acceptors (Lipinski definition) is 11. The van der Waals surface area contributed by atoms with Crippen LogP contribution in [-0.4, -0.2) is 109 Å². The molecule has 0 radical (unpaired) electrons. The van der Waals surface area contributed by atoms with Gasteiger partial charge in [0.05, 0.1) is 16.1 Å². The van der Waals surface area contributed by atoms with Gasteiger partial charge < -0.3 is 52.0 Å². The minimum atomic E-state index is -1.60. The van der Waals surface area contributed by atoms with E-state index in [1.54, 1.807) is 24.2 Å². The number of likely N-dealkylation sites (N-methyl/N-ethyl adjacent to an activating group) is 1. The quantitative estimate of drug-likeness (QED) is 0.0722. The average Bonchev–Trinajstić information content (AvgIpc) is 3.47. The molecule has 2 heterocycles. The molecule has 0 saturated heterocycles. The number of aromatic nitrogens is 3. The fraction of sp³-hybridized carbons (Fsp3) is 0.387. The molecule has 3 rings (SSSR count). The Bertz CT molecular complexity index is 1910. The molecule has 2 aromatic heterocycles. The number of nitrogens with one attached hydrogen (secondary N) is 5. The number of anilines is 2. The SMILES string of the molecule is CN(CCc1c[nH]c2nc(N)[nH]c(=O)c12)c1ccc(C(=O)N[C@@H](CCC(=O)N[C@@H](CCC(=O)N[C@@H](CCC(=O)O)C(=O)O)C(=O)O)C(=O)O)cc1Cl. The van der Waals surface area contributed by atoms with Crippen LogP contribution in [-0.2, 0) is 35.2 Å². The van der Waals surface area contributed by atoms with Crippen LogP contribution in [0.3, 0.4) is 0 Å². The number of benzene rings is 1. The van der Waals surface area contributed by atoms with Gasteiger partial charge in [-0.05, 0) is 49.4 Å². The number of H-pyrrole nitrogens is 2. The Morgan fingerprint density at radius 3 is 1.92 bits per heavy atom. The summed E-state index contributed by atoms with van der Waals surface area (Å²) in [7, 11) is 1.74. The van der Waals surface area contributed by atoms with Crippen LogP contribution in [0.2, 0.25) is 5.02 Å². The van der Waals surface area contributed by atoms with Crippen molar-refractivity contribution in [3.8, 4) is 0 Å². The highest BCUT2D eigenvalue weighted by Gasteiger charge is 2.27. The summed E-state index contributed by atoms with van der Waals surface area (Å²) in [5, 5.41) is 44.1. The van der Waals surface area contributed by atoms with Gasteiger partial charge in [0, 0.05) is 44.6 Å². The van der Waals surface area contributed by atoms with Crippen molar-refractivity contribution in [2.75, 3.05) is 24.2 Å². The molecule has 11 N–H and O–H groups in total. The average molecular weight is 749 g/mol. The van der Waals surface area contributed by atoms with Gasteiger partial charge in [-0.15, -0.1) is 0 Å². The first-order valence-electron chi connectivity index (χ1n) is 15.6. The van der Waals surface area contributed by atoms with Crippen molar-refractivity contribution in [2.45, 2.75) is 63.1 Å². The Kier molecular flexibility index (Phi) is 14.1. The summed E-state index contributed by atoms with van der Waals surface area (Å²) < 4.78 is 0. The molecular weight excluding hydrogens is 712 g/mol. The summed E-state index contributed by atoms with van der Waals surface area (Å²) in [6.07, 6.45) is -0.814. The first kappa shape index (κ1) is 40.3. The minimum absolute atomic E-state index is 0.0157. The van der Waals surface area contributed by atoms with Crippen molar-refractivity contribution in [2.24, 2.45) is 0 Å². The zero-order valence-corrected chi connectivity index (χ0v) is 28.4. The molecule has 0 aliphatic rings. The molecule has 0 fully saturated rings. The third kappa shape index (κ3) is 11.4. The molecule has 20 nitrogen and oxygen atoms in total. The molecule has 1 aromatic carbocycles. The van der Waals surface area contributed by atoms with Crippen LogP contribution in [0, 0.1) is 0 Å². The molecule has 0 spiro atoms. The number of halogens is 1. The first-order valence-corrected chi connectivity index (χ1v) is 16.0. The van der Waals surface area contributed by atoms with Crippen LogP contribution >= 0.6 is 11.6 Å². The fourth-order valence-corrected chi connectivity index (χ4v) is 5.37. The second kappa shape index (κ2) is 18.2. The number of carbonyl (C=O) groups is 7. The molecule has 3 atom stereocenters. The van der Waals surface area contributed by atoms with Crippen LogP contribution in [0.15, 0.2) is 29.2 Å². The summed E-state index contributed by atoms with van der Waals surface area (Å²) in [6.45, 7) is 0.404. The Morgan fingerprint density at radius 2 is 1.40 bits per heavy atom. The topological polar surface area (TPSA) is 327 Å². The second-order valence-electron chi connectivity index (χ2n) is 11.6. The number of aromatic amines is 2. The minimum Gasteiger partial charge on any atom is -0.481 e. The lowest BCUT2D eigenvalue weighted by Gasteiger charge is -2.21. The smallest absolute Gasteiger partial charge is 0.326 e. The van der Waals surface area contributed by atoms with Crippen molar-refractivity contribution in [1.29, 1.82) is 0 Å². The third-order valence-corrected chi connectivity index (χ3v) is 8.12. The molecule has 52 heavy (non-hydrogen) atoms. The van der Waals surface area contributed by atoms with Crippen LogP contribution in [0.4, 0.5) is 11.6 Å². The maximum absolute atomic E-state index is 12.9. The number of nitrogens with zero attached hydrogens (tertiary/aromatic N) is 2. The van der Waals surface area contributed by atoms with Crippen LogP contribution in [0.5, 0.6) is 0 Å². The van der Waals surface area contributed by atoms with Gasteiger partial charge in [-0.2, -0.15) is 4.98 Å². The Labute approximate surface area is 298 Å². The van der Waals surface area contributed by atoms with Crippen LogP contribution in [0.25, 0.3) is 11.0 Å². The second-order valence-corrected chi connectivity index (χ2v) is 12.0. The van der Waals surface area contributed by atoms with Gasteiger partial charge in [-0.3, -0.25) is 29.0 Å². The van der Waals surface area contributed by atoms with E-state index in [0.29, 0.717) is 35.2 Å². The highest BCUT2D eigenvalue weighted by Crippen LogP contribution is 2.27. The first-order chi connectivity index (χ1) is 24.5. The molecule has 0 aliphatic heterocycles. The van der Waals surface area contributed by atoms with Gasteiger partial charge in [0.15, 0.2) is 0 Å². The zero-order chi connectivity index (χ0) is 38.7. The summed E-state index contributed by atoms with van der Waals surface area (Å²) >= 11 is 6.46. The lowest BCUT2D eigenvalue weighted by molar-refractivity contribution is -0.144. The van der Waals surface area contributed by atoms with Gasteiger partial charge in [-0.25, -0.2) is 14.4 Å². The monoisotopic (exact) mass is 748 g/mol. The van der Waals surface area contributed by atoms with E-state index in [9.17, 15) is 48.6 Å². The van der Waals surface area contributed by atoms with E-state index in [0.717, 1.165) is 0 Å². The molecule has 0 bridgehead atoms. The molecule has 21 heteroatoms. The predicted octanol–water partition coefficient (Wildman–Crippen LogP) is -0.0873. The predicted molar refractivity (Wildman–Crippen MR) is 183 cm³/mol. The molecule has 0 saturated carbocycles. The number of amides is 3. The molecule has 280 valence electrons. The van der Waals surface area contributed by atoms with E-state index in [2.05, 4.69) is 30.9 Å². The van der Waals surface area contributed by atoms with E-state index < -0.39 is 98.2 Å². The van der Waals surface area contributed by atoms with Crippen LogP contribution < -0.4 is 32.1 Å². The van der Waals surface area contributed by atoms with E-state index in [4.69, 9.17) is 27.5 Å². The third-order valence-electron chi connectivity index (χ3n) is 7.82. The lowest BCUT2D eigenvalue weighted by Crippen LogP contribution is -2.45. The Morgan fingerprint density at radius 1 is 0.865 bits per heavy atom. The van der Waals surface area contributed by atoms with Crippen molar-refractivity contribution < 1.29 is 54.0 Å². The number of nitrogens with two attached hydrogens (primary N) is 1. The van der Waals surface area contributed by atoms with Crippen molar-refractivity contribution in [3.05, 3.63) is 50.9 Å². The van der Waals surface area contributed by atoms with E-state index in [1.165, 1.54) is 12.1 Å². The molecule has 3 aromatic rings. The molecule has 0 unspecified atom stereocenters. The van der Waals surface area contributed by atoms with Gasteiger partial charge >= 0.3 is 23.9 Å². The van der Waals surface area contributed by atoms with Crippen molar-refractivity contribution >= 4 is 75.9 Å². The largest absolute Gasteiger partial charge is 0.481 e. The summed E-state index contributed by atoms with van der Waals surface area (Å²) in [5.41, 5.74) is 6.79. The molecule has 0 aliphatic carbocycles. The number of carboxylic acid groups (broad SMARTS) is 4. The maximum Gasteiger partial charge on any atom is 0.326 e. The highest BCUT2D eigenvalue weighted by molar-refractivity contribution is 6.33. The zero-order valence-electron chi connectivity index (χ0n) is 27.6. The number of carbonyl (C=O) groups excluding carboxylic acids is 3. The maximum atomic E-state index is 12.9. The van der Waals surface area contributed by atoms with Crippen molar-refractivity contribution in [1.82, 2.24) is 30.9 Å². The van der Waals surface area contributed by atoms with E-state index in [1.807, 2.05) is 0 Å². The normalized spacial score (nSPS) is 12.7. The summed E-state index contributed by atoms with van der Waals surface area (Å²) in [5.74, 6) is -8.37. The van der Waals surface area contributed by atoms with E-state index in [-0.39, 0.29) is 22.1 Å². The Balaban J connectivity index is 1.53. The number of hydrogen-bond donors (Lipinski definition) is 10.